The molecule has 2 nitrogen and oxygen atoms in total. The second-order valence-electron chi connectivity index (χ2n) is 2.13. The van der Waals surface area contributed by atoms with Crippen molar-refractivity contribution in [1.82, 2.24) is 5.09 Å². The molecule has 1 unspecified atom stereocenters. The Balaban J connectivity index is 3.56. The molecule has 4 heteroatoms. The molecule has 0 aliphatic rings. The zero-order valence-electron chi connectivity index (χ0n) is 5.34. The molecule has 0 spiro atoms. The van der Waals surface area contributed by atoms with Crippen molar-refractivity contribution in [2.45, 2.75) is 19.9 Å². The van der Waals surface area contributed by atoms with Crippen molar-refractivity contribution in [3.63, 3.8) is 0 Å². The summed E-state index contributed by atoms with van der Waals surface area (Å²) in [6, 6.07) is 0.225. The van der Waals surface area contributed by atoms with Crippen molar-refractivity contribution >= 4 is 18.2 Å². The first kappa shape index (κ1) is 8.57. The van der Waals surface area contributed by atoms with E-state index in [4.69, 9.17) is 0 Å². The van der Waals surface area contributed by atoms with Gasteiger partial charge in [-0.3, -0.25) is 5.09 Å². The van der Waals surface area contributed by atoms with Crippen LogP contribution in [0.25, 0.3) is 0 Å². The first-order valence-electron chi connectivity index (χ1n) is 2.48. The van der Waals surface area contributed by atoms with Crippen LogP contribution in [0.15, 0.2) is 0 Å². The van der Waals surface area contributed by atoms with Crippen molar-refractivity contribution in [3.8, 4) is 0 Å². The van der Waals surface area contributed by atoms with Crippen molar-refractivity contribution in [2.24, 2.45) is 0 Å². The predicted octanol–water partition coefficient (Wildman–Crippen LogP) is 0.284. The minimum absolute atomic E-state index is 0.225. The highest BCUT2D eigenvalue weighted by Crippen LogP contribution is 2.23. The minimum atomic E-state index is -2.39. The molecule has 0 aliphatic carbocycles. The molecule has 0 aromatic heterocycles. The highest BCUT2D eigenvalue weighted by Gasteiger charge is 1.93. The topological polar surface area (TPSA) is 35.1 Å². The summed E-state index contributed by atoms with van der Waals surface area (Å²) < 4.78 is 0. The van der Waals surface area contributed by atoms with E-state index in [1.54, 1.807) is 6.66 Å². The summed E-state index contributed by atoms with van der Waals surface area (Å²) in [6.45, 7) is 5.38. The molecule has 0 saturated heterocycles. The molecule has 0 aliphatic heterocycles. The van der Waals surface area contributed by atoms with Gasteiger partial charge in [-0.25, -0.2) is 0 Å². The van der Waals surface area contributed by atoms with Crippen molar-refractivity contribution < 1.29 is 4.89 Å². The summed E-state index contributed by atoms with van der Waals surface area (Å²) in [4.78, 5) is 10.7. The van der Waals surface area contributed by atoms with Crippen LogP contribution in [-0.2, 0) is 11.8 Å². The van der Waals surface area contributed by atoms with Crippen LogP contribution in [-0.4, -0.2) is 12.7 Å². The fourth-order valence-electron chi connectivity index (χ4n) is 0.469. The molecule has 50 valence electrons. The Hall–Kier alpha value is 0.570. The van der Waals surface area contributed by atoms with E-state index in [2.05, 4.69) is 16.9 Å². The van der Waals surface area contributed by atoms with Gasteiger partial charge in [0.1, 0.15) is 0 Å². The molecule has 1 N–H and O–H groups in total. The van der Waals surface area contributed by atoms with E-state index >= 15 is 0 Å². The summed E-state index contributed by atoms with van der Waals surface area (Å²) in [5, 5.41) is 2.75. The van der Waals surface area contributed by atoms with Gasteiger partial charge in [-0.15, -0.1) is 0 Å². The van der Waals surface area contributed by atoms with Gasteiger partial charge in [0.15, 0.2) is 0 Å². The number of rotatable bonds is 2. The molecule has 0 amide bonds. The van der Waals surface area contributed by atoms with Gasteiger partial charge in [0.05, 0.1) is 0 Å². The van der Waals surface area contributed by atoms with Gasteiger partial charge in [-0.1, -0.05) is 18.2 Å². The Kier molecular flexibility index (Phi) is 3.13. The van der Waals surface area contributed by atoms with Crippen LogP contribution >= 0.6 is 6.42 Å². The summed E-state index contributed by atoms with van der Waals surface area (Å²) in [5.41, 5.74) is 0. The normalized spacial score (nSPS) is 18.6. The molecule has 0 aromatic carbocycles. The second kappa shape index (κ2) is 2.92. The fraction of sp³-hybridized carbons (Fsp3) is 1.00. The Morgan fingerprint density at radius 1 is 1.62 bits per heavy atom. The third kappa shape index (κ3) is 6.57. The van der Waals surface area contributed by atoms with E-state index in [-0.39, 0.29) is 6.04 Å². The number of nitrogens with one attached hydrogen (secondary N) is 1. The maximum Gasteiger partial charge on any atom is 0.00428 e. The van der Waals surface area contributed by atoms with Gasteiger partial charge in [-0.2, -0.15) is 0 Å². The third-order valence-corrected chi connectivity index (χ3v) is 1.79. The van der Waals surface area contributed by atoms with Gasteiger partial charge in [0.25, 0.3) is 0 Å². The van der Waals surface area contributed by atoms with Crippen LogP contribution in [0.1, 0.15) is 13.8 Å². The molecular formula is C4H11NOPS-. The van der Waals surface area contributed by atoms with Crippen LogP contribution in [0.3, 0.4) is 0 Å². The summed E-state index contributed by atoms with van der Waals surface area (Å²) in [7, 11) is 0. The van der Waals surface area contributed by atoms with Crippen molar-refractivity contribution in [1.29, 1.82) is 0 Å². The average Bonchev–Trinajstić information content (AvgIpc) is 1.21. The zero-order chi connectivity index (χ0) is 6.78. The molecule has 0 saturated carbocycles. The van der Waals surface area contributed by atoms with E-state index in [0.717, 1.165) is 0 Å². The fourth-order valence-corrected chi connectivity index (χ4v) is 2.04. The first-order chi connectivity index (χ1) is 3.42. The van der Waals surface area contributed by atoms with Crippen LogP contribution in [0.5, 0.6) is 0 Å². The Labute approximate surface area is 55.4 Å². The molecule has 8 heavy (non-hydrogen) atoms. The second-order valence-corrected chi connectivity index (χ2v) is 6.17. The third-order valence-electron chi connectivity index (χ3n) is 0.493. The van der Waals surface area contributed by atoms with Crippen LogP contribution in [0.2, 0.25) is 0 Å². The lowest BCUT2D eigenvalue weighted by Gasteiger charge is -2.26. The number of hydrogen-bond acceptors (Lipinski definition) is 2. The first-order valence-corrected chi connectivity index (χ1v) is 5.65. The average molecular weight is 152 g/mol. The van der Waals surface area contributed by atoms with E-state index in [9.17, 15) is 4.89 Å². The molecule has 1 atom stereocenters. The Morgan fingerprint density at radius 3 is 2.00 bits per heavy atom. The van der Waals surface area contributed by atoms with Crippen molar-refractivity contribution in [2.75, 3.05) is 6.66 Å². The van der Waals surface area contributed by atoms with Gasteiger partial charge >= 0.3 is 0 Å². The van der Waals surface area contributed by atoms with Crippen LogP contribution in [0.4, 0.5) is 0 Å². The molecular weight excluding hydrogens is 141 g/mol. The minimum Gasteiger partial charge on any atom is -0.810 e. The molecule has 0 heterocycles. The largest absolute Gasteiger partial charge is 0.810 e. The van der Waals surface area contributed by atoms with Gasteiger partial charge in [-0.05, 0) is 20.5 Å². The van der Waals surface area contributed by atoms with E-state index in [0.29, 0.717) is 0 Å². The predicted molar refractivity (Wildman–Crippen MR) is 38.5 cm³/mol. The Bertz CT molecular complexity index is 109. The van der Waals surface area contributed by atoms with Crippen LogP contribution in [0, 0.1) is 0 Å². The van der Waals surface area contributed by atoms with E-state index < -0.39 is 6.42 Å². The SMILES string of the molecule is CC(C)NP(C)([O-])=S. The summed E-state index contributed by atoms with van der Waals surface area (Å²) in [5.74, 6) is 0. The standard InChI is InChI=1S/C4H12NOPS/c1-4(2)5-7(3,6)8/h4H,1-3H3,(H2,5,6,8)/p-1. The summed E-state index contributed by atoms with van der Waals surface area (Å²) in [6.07, 6.45) is -2.39. The lowest BCUT2D eigenvalue weighted by atomic mass is 10.4. The smallest absolute Gasteiger partial charge is 0.00428 e. The maximum absolute atomic E-state index is 10.7. The van der Waals surface area contributed by atoms with Crippen molar-refractivity contribution in [3.05, 3.63) is 0 Å². The molecule has 0 bridgehead atoms. The van der Waals surface area contributed by atoms with E-state index in [1.165, 1.54) is 0 Å². The monoisotopic (exact) mass is 152 g/mol. The molecule has 0 aromatic rings. The highest BCUT2D eigenvalue weighted by molar-refractivity contribution is 8.09. The van der Waals surface area contributed by atoms with Gasteiger partial charge < -0.3 is 4.89 Å². The lowest BCUT2D eigenvalue weighted by molar-refractivity contribution is -0.163. The van der Waals surface area contributed by atoms with E-state index in [1.807, 2.05) is 13.8 Å². The van der Waals surface area contributed by atoms with Gasteiger partial charge in [0.2, 0.25) is 0 Å². The van der Waals surface area contributed by atoms with Crippen LogP contribution < -0.4 is 9.98 Å². The zero-order valence-corrected chi connectivity index (χ0v) is 7.05. The summed E-state index contributed by atoms with van der Waals surface area (Å²) >= 11 is 4.61. The highest BCUT2D eigenvalue weighted by atomic mass is 32.4. The maximum atomic E-state index is 10.7. The lowest BCUT2D eigenvalue weighted by Crippen LogP contribution is -2.24. The molecule has 0 fully saturated rings. The van der Waals surface area contributed by atoms with Gasteiger partial charge in [0, 0.05) is 6.04 Å². The number of hydrogen-bond donors (Lipinski definition) is 1. The quantitative estimate of drug-likeness (QED) is 0.577. The molecule has 0 rings (SSSR count). The Morgan fingerprint density at radius 2 is 2.00 bits per heavy atom. The molecule has 0 radical (unpaired) electrons.